The summed E-state index contributed by atoms with van der Waals surface area (Å²) in [5, 5.41) is 7.65. The average Bonchev–Trinajstić information content (AvgIpc) is 2.95. The van der Waals surface area contributed by atoms with Crippen LogP contribution in [0.15, 0.2) is 30.5 Å². The molecule has 27 heavy (non-hydrogen) atoms. The molecule has 0 aliphatic carbocycles. The number of amides is 1. The Morgan fingerprint density at radius 2 is 2.07 bits per heavy atom. The summed E-state index contributed by atoms with van der Waals surface area (Å²) >= 11 is 0. The number of nitrogens with one attached hydrogen (secondary N) is 1. The van der Waals surface area contributed by atoms with E-state index in [0.717, 1.165) is 40.3 Å². The first-order chi connectivity index (χ1) is 13.0. The van der Waals surface area contributed by atoms with Crippen LogP contribution in [0.5, 0.6) is 5.75 Å². The first-order valence-corrected chi connectivity index (χ1v) is 9.34. The van der Waals surface area contributed by atoms with Gasteiger partial charge in [-0.3, -0.25) is 4.79 Å². The summed E-state index contributed by atoms with van der Waals surface area (Å²) in [6.07, 6.45) is 2.41. The van der Waals surface area contributed by atoms with Crippen molar-refractivity contribution in [1.82, 2.24) is 19.9 Å². The monoisotopic (exact) mass is 364 g/mol. The summed E-state index contributed by atoms with van der Waals surface area (Å²) in [5.41, 5.74) is 5.23. The van der Waals surface area contributed by atoms with E-state index in [-0.39, 0.29) is 17.9 Å². The lowest BCUT2D eigenvalue weighted by Gasteiger charge is -2.27. The number of aryl methyl sites for hydroxylation is 2. The van der Waals surface area contributed by atoms with Gasteiger partial charge in [0.2, 0.25) is 0 Å². The maximum absolute atomic E-state index is 13.2. The lowest BCUT2D eigenvalue weighted by molar-refractivity contribution is 0.0923. The van der Waals surface area contributed by atoms with Crippen LogP contribution in [0.2, 0.25) is 0 Å². The molecule has 1 aliphatic heterocycles. The van der Waals surface area contributed by atoms with Gasteiger partial charge in [0, 0.05) is 17.5 Å². The number of hydrogen-bond acceptors (Lipinski definition) is 4. The molecule has 6 nitrogen and oxygen atoms in total. The van der Waals surface area contributed by atoms with Crippen molar-refractivity contribution >= 4 is 11.6 Å². The number of imidazole rings is 1. The van der Waals surface area contributed by atoms with E-state index in [2.05, 4.69) is 29.2 Å². The molecule has 1 N–H and O–H groups in total. The van der Waals surface area contributed by atoms with Crippen LogP contribution in [0.4, 0.5) is 0 Å². The Bertz CT molecular complexity index is 1020. The van der Waals surface area contributed by atoms with E-state index in [4.69, 9.17) is 4.74 Å². The highest BCUT2D eigenvalue weighted by atomic mass is 16.5. The fourth-order valence-corrected chi connectivity index (χ4v) is 3.70. The topological polar surface area (TPSA) is 68.5 Å². The van der Waals surface area contributed by atoms with E-state index in [0.29, 0.717) is 12.2 Å². The molecule has 1 aromatic carbocycles. The minimum Gasteiger partial charge on any atom is -0.493 e. The molecule has 0 radical (unpaired) electrons. The standard InChI is InChI=1S/C21H24N4O2/c1-12(2)19-16(11-22-25-14(4)13(3)23-20(19)25)21(26)24-17-9-10-27-18-8-6-5-7-15(17)18/h5-8,11-12,17H,9-10H2,1-4H3,(H,24,26)/t17-/m0/s1. The SMILES string of the molecule is Cc1nc2c(C(C)C)c(C(=O)N[C@H]3CCOc4ccccc43)cnn2c1C. The molecule has 1 aliphatic rings. The van der Waals surface area contributed by atoms with Crippen molar-refractivity contribution < 1.29 is 9.53 Å². The van der Waals surface area contributed by atoms with E-state index >= 15 is 0 Å². The van der Waals surface area contributed by atoms with E-state index in [1.807, 2.05) is 42.6 Å². The summed E-state index contributed by atoms with van der Waals surface area (Å²) in [7, 11) is 0. The van der Waals surface area contributed by atoms with Crippen LogP contribution < -0.4 is 10.1 Å². The molecule has 1 atom stereocenters. The van der Waals surface area contributed by atoms with Crippen molar-refractivity contribution in [1.29, 1.82) is 0 Å². The lowest BCUT2D eigenvalue weighted by atomic mass is 9.97. The Balaban J connectivity index is 1.73. The number of fused-ring (bicyclic) bond motifs is 2. The van der Waals surface area contributed by atoms with Crippen LogP contribution in [-0.2, 0) is 0 Å². The molecular weight excluding hydrogens is 340 g/mol. The second-order valence-corrected chi connectivity index (χ2v) is 7.35. The van der Waals surface area contributed by atoms with Gasteiger partial charge in [0.1, 0.15) is 5.75 Å². The molecule has 2 aromatic heterocycles. The molecule has 1 amide bonds. The fourth-order valence-electron chi connectivity index (χ4n) is 3.70. The summed E-state index contributed by atoms with van der Waals surface area (Å²) in [6, 6.07) is 7.79. The van der Waals surface area contributed by atoms with Crippen LogP contribution >= 0.6 is 0 Å². The number of nitrogens with zero attached hydrogens (tertiary/aromatic N) is 3. The Morgan fingerprint density at radius 3 is 2.85 bits per heavy atom. The first-order valence-electron chi connectivity index (χ1n) is 9.34. The minimum absolute atomic E-state index is 0.0677. The summed E-state index contributed by atoms with van der Waals surface area (Å²) in [6.45, 7) is 8.71. The van der Waals surface area contributed by atoms with E-state index in [1.54, 1.807) is 6.20 Å². The maximum atomic E-state index is 13.2. The third kappa shape index (κ3) is 2.95. The Morgan fingerprint density at radius 1 is 1.30 bits per heavy atom. The molecule has 140 valence electrons. The van der Waals surface area contributed by atoms with Gasteiger partial charge in [-0.25, -0.2) is 9.50 Å². The highest BCUT2D eigenvalue weighted by Crippen LogP contribution is 2.32. The number of para-hydroxylation sites is 1. The van der Waals surface area contributed by atoms with Crippen molar-refractivity contribution in [3.8, 4) is 5.75 Å². The first kappa shape index (κ1) is 17.5. The van der Waals surface area contributed by atoms with Crippen molar-refractivity contribution in [2.45, 2.75) is 46.1 Å². The number of benzene rings is 1. The predicted molar refractivity (Wildman–Crippen MR) is 103 cm³/mol. The number of ether oxygens (including phenoxy) is 1. The predicted octanol–water partition coefficient (Wildman–Crippen LogP) is 3.72. The lowest BCUT2D eigenvalue weighted by Crippen LogP contribution is -2.33. The molecule has 3 heterocycles. The number of carbonyl (C=O) groups excluding carboxylic acids is 1. The van der Waals surface area contributed by atoms with Gasteiger partial charge in [-0.15, -0.1) is 0 Å². The third-order valence-corrected chi connectivity index (χ3v) is 5.23. The molecule has 0 saturated heterocycles. The smallest absolute Gasteiger partial charge is 0.253 e. The van der Waals surface area contributed by atoms with Crippen LogP contribution in [0, 0.1) is 13.8 Å². The Labute approximate surface area is 158 Å². The molecule has 0 unspecified atom stereocenters. The summed E-state index contributed by atoms with van der Waals surface area (Å²) < 4.78 is 7.52. The third-order valence-electron chi connectivity index (χ3n) is 5.23. The molecule has 6 heteroatoms. The van der Waals surface area contributed by atoms with Crippen LogP contribution in [-0.4, -0.2) is 27.1 Å². The minimum atomic E-state index is -0.117. The van der Waals surface area contributed by atoms with Crippen LogP contribution in [0.25, 0.3) is 5.65 Å². The second kappa shape index (κ2) is 6.68. The van der Waals surface area contributed by atoms with Crippen molar-refractivity contribution in [2.75, 3.05) is 6.61 Å². The quantitative estimate of drug-likeness (QED) is 0.769. The van der Waals surface area contributed by atoms with Crippen molar-refractivity contribution in [3.05, 3.63) is 58.5 Å². The number of carbonyl (C=O) groups is 1. The van der Waals surface area contributed by atoms with Crippen LogP contribution in [0.3, 0.4) is 0 Å². The zero-order chi connectivity index (χ0) is 19.1. The van der Waals surface area contributed by atoms with Gasteiger partial charge in [0.15, 0.2) is 5.65 Å². The van der Waals surface area contributed by atoms with Gasteiger partial charge < -0.3 is 10.1 Å². The van der Waals surface area contributed by atoms with Gasteiger partial charge in [0.25, 0.3) is 5.91 Å². The van der Waals surface area contributed by atoms with Gasteiger partial charge in [0.05, 0.1) is 35.8 Å². The number of rotatable bonds is 3. The van der Waals surface area contributed by atoms with E-state index in [9.17, 15) is 4.79 Å². The maximum Gasteiger partial charge on any atom is 0.253 e. The molecule has 4 rings (SSSR count). The Kier molecular flexibility index (Phi) is 4.34. The van der Waals surface area contributed by atoms with E-state index in [1.165, 1.54) is 0 Å². The fraction of sp³-hybridized carbons (Fsp3) is 0.381. The number of aromatic nitrogens is 3. The molecule has 0 fully saturated rings. The van der Waals surface area contributed by atoms with Gasteiger partial charge in [-0.1, -0.05) is 32.0 Å². The highest BCUT2D eigenvalue weighted by molar-refractivity contribution is 5.97. The summed E-state index contributed by atoms with van der Waals surface area (Å²) in [5.74, 6) is 0.874. The van der Waals surface area contributed by atoms with Gasteiger partial charge >= 0.3 is 0 Å². The molecule has 0 spiro atoms. The highest BCUT2D eigenvalue weighted by Gasteiger charge is 2.26. The largest absolute Gasteiger partial charge is 0.493 e. The summed E-state index contributed by atoms with van der Waals surface area (Å²) in [4.78, 5) is 17.8. The van der Waals surface area contributed by atoms with Gasteiger partial charge in [-0.2, -0.15) is 5.10 Å². The van der Waals surface area contributed by atoms with E-state index < -0.39 is 0 Å². The normalized spacial score (nSPS) is 16.3. The average molecular weight is 364 g/mol. The van der Waals surface area contributed by atoms with Crippen LogP contribution in [0.1, 0.15) is 65.1 Å². The molecule has 0 saturated carbocycles. The Hall–Kier alpha value is -2.89. The molecule has 0 bridgehead atoms. The second-order valence-electron chi connectivity index (χ2n) is 7.35. The van der Waals surface area contributed by atoms with Crippen molar-refractivity contribution in [3.63, 3.8) is 0 Å². The molecule has 3 aromatic rings. The zero-order valence-electron chi connectivity index (χ0n) is 16.1. The number of hydrogen-bond donors (Lipinski definition) is 1. The molecular formula is C21H24N4O2. The van der Waals surface area contributed by atoms with Crippen molar-refractivity contribution in [2.24, 2.45) is 0 Å². The van der Waals surface area contributed by atoms with Gasteiger partial charge in [-0.05, 0) is 25.8 Å². The zero-order valence-corrected chi connectivity index (χ0v) is 16.1.